The average molecular weight is 155 g/mol. The topological polar surface area (TPSA) is 29.5 Å². The van der Waals surface area contributed by atoms with E-state index < -0.39 is 0 Å². The maximum atomic E-state index is 11.0. The monoisotopic (exact) mass is 155 g/mol. The molecule has 0 unspecified atom stereocenters. The number of hydrogen-bond acceptors (Lipinski definition) is 2. The summed E-state index contributed by atoms with van der Waals surface area (Å²) in [5, 5.41) is 0. The van der Waals surface area contributed by atoms with E-state index in [4.69, 9.17) is 4.74 Å². The molecule has 0 saturated carbocycles. The minimum Gasteiger partial charge on any atom is -0.381 e. The van der Waals surface area contributed by atoms with Gasteiger partial charge in [-0.05, 0) is 12.5 Å². The lowest BCUT2D eigenvalue weighted by molar-refractivity contribution is -0.125. The van der Waals surface area contributed by atoms with Crippen molar-refractivity contribution < 1.29 is 9.53 Å². The van der Waals surface area contributed by atoms with E-state index in [0.717, 1.165) is 13.0 Å². The van der Waals surface area contributed by atoms with Gasteiger partial charge in [0.05, 0.1) is 6.61 Å². The number of nitrogens with zero attached hydrogens (tertiary/aromatic N) is 1. The van der Waals surface area contributed by atoms with Crippen molar-refractivity contribution >= 4 is 5.91 Å². The summed E-state index contributed by atoms with van der Waals surface area (Å²) in [6.07, 6.45) is 5.33. The minimum atomic E-state index is 0.220. The van der Waals surface area contributed by atoms with Gasteiger partial charge in [-0.25, -0.2) is 0 Å². The average Bonchev–Trinajstić information content (AvgIpc) is 2.37. The zero-order valence-corrected chi connectivity index (χ0v) is 6.75. The molecule has 1 heterocycles. The SMILES string of the molecule is COCC=CN1CCCC1=O. The summed E-state index contributed by atoms with van der Waals surface area (Å²) in [7, 11) is 1.64. The number of methoxy groups -OCH3 is 1. The van der Waals surface area contributed by atoms with Gasteiger partial charge < -0.3 is 9.64 Å². The molecule has 11 heavy (non-hydrogen) atoms. The van der Waals surface area contributed by atoms with Crippen molar-refractivity contribution in [3.8, 4) is 0 Å². The highest BCUT2D eigenvalue weighted by Gasteiger charge is 2.16. The molecule has 62 valence electrons. The number of rotatable bonds is 3. The molecule has 1 aliphatic heterocycles. The Morgan fingerprint density at radius 2 is 2.55 bits per heavy atom. The molecule has 3 heteroatoms. The molecule has 0 radical (unpaired) electrons. The van der Waals surface area contributed by atoms with Gasteiger partial charge in [0.2, 0.25) is 5.91 Å². The fourth-order valence-electron chi connectivity index (χ4n) is 1.09. The van der Waals surface area contributed by atoms with Crippen molar-refractivity contribution in [2.24, 2.45) is 0 Å². The van der Waals surface area contributed by atoms with E-state index in [-0.39, 0.29) is 5.91 Å². The van der Waals surface area contributed by atoms with E-state index in [2.05, 4.69) is 0 Å². The van der Waals surface area contributed by atoms with Crippen LogP contribution in [0.25, 0.3) is 0 Å². The minimum absolute atomic E-state index is 0.220. The molecule has 0 aromatic carbocycles. The quantitative estimate of drug-likeness (QED) is 0.602. The third-order valence-corrected chi connectivity index (χ3v) is 1.66. The van der Waals surface area contributed by atoms with Crippen LogP contribution in [0.15, 0.2) is 12.3 Å². The van der Waals surface area contributed by atoms with Gasteiger partial charge in [-0.15, -0.1) is 0 Å². The molecular weight excluding hydrogens is 142 g/mol. The first-order valence-electron chi connectivity index (χ1n) is 3.79. The molecule has 1 saturated heterocycles. The summed E-state index contributed by atoms with van der Waals surface area (Å²) in [5.41, 5.74) is 0. The highest BCUT2D eigenvalue weighted by atomic mass is 16.5. The highest BCUT2D eigenvalue weighted by molar-refractivity contribution is 5.79. The second-order valence-corrected chi connectivity index (χ2v) is 2.53. The number of carbonyl (C=O) groups excluding carboxylic acids is 1. The number of likely N-dealkylation sites (tertiary alicyclic amines) is 1. The second-order valence-electron chi connectivity index (χ2n) is 2.53. The first kappa shape index (κ1) is 8.27. The molecule has 0 aromatic heterocycles. The number of amides is 1. The van der Waals surface area contributed by atoms with Crippen molar-refractivity contribution in [2.75, 3.05) is 20.3 Å². The Labute approximate surface area is 66.6 Å². The van der Waals surface area contributed by atoms with Gasteiger partial charge in [0.1, 0.15) is 0 Å². The van der Waals surface area contributed by atoms with Crippen LogP contribution < -0.4 is 0 Å². The molecule has 0 N–H and O–H groups in total. The predicted octanol–water partition coefficient (Wildman–Crippen LogP) is 0.769. The summed E-state index contributed by atoms with van der Waals surface area (Å²) in [4.78, 5) is 12.7. The van der Waals surface area contributed by atoms with Crippen molar-refractivity contribution in [2.45, 2.75) is 12.8 Å². The van der Waals surface area contributed by atoms with E-state index in [1.807, 2.05) is 6.08 Å². The van der Waals surface area contributed by atoms with Crippen LogP contribution in [0.2, 0.25) is 0 Å². The van der Waals surface area contributed by atoms with Crippen LogP contribution in [-0.2, 0) is 9.53 Å². The van der Waals surface area contributed by atoms with Gasteiger partial charge in [-0.3, -0.25) is 4.79 Å². The largest absolute Gasteiger partial charge is 0.381 e. The Hall–Kier alpha value is -0.830. The van der Waals surface area contributed by atoms with Gasteiger partial charge in [0.15, 0.2) is 0 Å². The Morgan fingerprint density at radius 3 is 3.09 bits per heavy atom. The maximum Gasteiger partial charge on any atom is 0.226 e. The van der Waals surface area contributed by atoms with E-state index in [1.165, 1.54) is 0 Å². The van der Waals surface area contributed by atoms with E-state index in [0.29, 0.717) is 13.0 Å². The Kier molecular flexibility index (Phi) is 3.11. The van der Waals surface area contributed by atoms with Crippen molar-refractivity contribution in [1.29, 1.82) is 0 Å². The molecule has 0 bridgehead atoms. The summed E-state index contributed by atoms with van der Waals surface area (Å²) in [5.74, 6) is 0.220. The third-order valence-electron chi connectivity index (χ3n) is 1.66. The van der Waals surface area contributed by atoms with Crippen molar-refractivity contribution in [3.05, 3.63) is 12.3 Å². The van der Waals surface area contributed by atoms with Crippen LogP contribution in [0.3, 0.4) is 0 Å². The summed E-state index contributed by atoms with van der Waals surface area (Å²) in [6.45, 7) is 1.43. The summed E-state index contributed by atoms with van der Waals surface area (Å²) >= 11 is 0. The van der Waals surface area contributed by atoms with Gasteiger partial charge in [0.25, 0.3) is 0 Å². The Bertz CT molecular complexity index is 165. The zero-order chi connectivity index (χ0) is 8.10. The Morgan fingerprint density at radius 1 is 1.73 bits per heavy atom. The molecular formula is C8H13NO2. The van der Waals surface area contributed by atoms with Gasteiger partial charge in [0, 0.05) is 26.3 Å². The standard InChI is InChI=1S/C8H13NO2/c1-11-7-3-6-9-5-2-4-8(9)10/h3,6H,2,4-5,7H2,1H3. The number of ether oxygens (including phenoxy) is 1. The van der Waals surface area contributed by atoms with E-state index in [1.54, 1.807) is 18.2 Å². The highest BCUT2D eigenvalue weighted by Crippen LogP contribution is 2.09. The van der Waals surface area contributed by atoms with Crippen LogP contribution >= 0.6 is 0 Å². The lowest BCUT2D eigenvalue weighted by Gasteiger charge is -2.07. The molecule has 0 aliphatic carbocycles. The van der Waals surface area contributed by atoms with Crippen LogP contribution in [0.4, 0.5) is 0 Å². The smallest absolute Gasteiger partial charge is 0.226 e. The normalized spacial score (nSPS) is 18.6. The maximum absolute atomic E-state index is 11.0. The fourth-order valence-corrected chi connectivity index (χ4v) is 1.09. The molecule has 1 amide bonds. The molecule has 0 atom stereocenters. The van der Waals surface area contributed by atoms with Crippen LogP contribution in [0.1, 0.15) is 12.8 Å². The fraction of sp³-hybridized carbons (Fsp3) is 0.625. The lowest BCUT2D eigenvalue weighted by Crippen LogP contribution is -2.17. The van der Waals surface area contributed by atoms with E-state index >= 15 is 0 Å². The molecule has 1 rings (SSSR count). The van der Waals surface area contributed by atoms with Crippen LogP contribution in [-0.4, -0.2) is 31.1 Å². The number of hydrogen-bond donors (Lipinski definition) is 0. The summed E-state index contributed by atoms with van der Waals surface area (Å²) < 4.78 is 4.81. The Balaban J connectivity index is 2.30. The molecule has 3 nitrogen and oxygen atoms in total. The third kappa shape index (κ3) is 2.35. The molecule has 1 fully saturated rings. The predicted molar refractivity (Wildman–Crippen MR) is 42.0 cm³/mol. The first-order chi connectivity index (χ1) is 5.34. The molecule has 0 aromatic rings. The second kappa shape index (κ2) is 4.13. The molecule has 0 spiro atoms. The van der Waals surface area contributed by atoms with Crippen LogP contribution in [0, 0.1) is 0 Å². The van der Waals surface area contributed by atoms with E-state index in [9.17, 15) is 4.79 Å². The van der Waals surface area contributed by atoms with Crippen molar-refractivity contribution in [1.82, 2.24) is 4.90 Å². The van der Waals surface area contributed by atoms with Gasteiger partial charge in [-0.2, -0.15) is 0 Å². The van der Waals surface area contributed by atoms with Crippen LogP contribution in [0.5, 0.6) is 0 Å². The first-order valence-corrected chi connectivity index (χ1v) is 3.79. The lowest BCUT2D eigenvalue weighted by atomic mass is 10.4. The number of carbonyl (C=O) groups is 1. The van der Waals surface area contributed by atoms with Gasteiger partial charge >= 0.3 is 0 Å². The molecule has 1 aliphatic rings. The van der Waals surface area contributed by atoms with Gasteiger partial charge in [-0.1, -0.05) is 0 Å². The van der Waals surface area contributed by atoms with Crippen molar-refractivity contribution in [3.63, 3.8) is 0 Å². The zero-order valence-electron chi connectivity index (χ0n) is 6.75. The summed E-state index contributed by atoms with van der Waals surface area (Å²) in [6, 6.07) is 0.